The largest absolute Gasteiger partial charge is 0.396 e. The molecule has 1 fully saturated rings. The van der Waals surface area contributed by atoms with E-state index in [1.54, 1.807) is 6.20 Å². The van der Waals surface area contributed by atoms with Gasteiger partial charge in [0.05, 0.1) is 18.5 Å². The van der Waals surface area contributed by atoms with Gasteiger partial charge in [0, 0.05) is 18.5 Å². The monoisotopic (exact) mass is 313 g/mol. The molecule has 1 aliphatic carbocycles. The molecule has 0 bridgehead atoms. The molecule has 2 rings (SSSR count). The molecule has 1 aliphatic rings. The fourth-order valence-electron chi connectivity index (χ4n) is 2.86. The van der Waals surface area contributed by atoms with Crippen molar-refractivity contribution in [3.8, 4) is 0 Å². The Hall–Kier alpha value is -1.07. The number of hydrogen-bond acceptors (Lipinski definition) is 4. The van der Waals surface area contributed by atoms with Crippen LogP contribution in [-0.2, 0) is 6.54 Å². The summed E-state index contributed by atoms with van der Waals surface area (Å²) in [6, 6.07) is 0. The molecule has 21 heavy (non-hydrogen) atoms. The Bertz CT molecular complexity index is 536. The second-order valence-electron chi connectivity index (χ2n) is 6.47. The number of rotatable bonds is 6. The van der Waals surface area contributed by atoms with Gasteiger partial charge in [0.1, 0.15) is 5.02 Å². The molecule has 1 saturated carbocycles. The number of aliphatic hydroxyl groups is 1. The lowest BCUT2D eigenvalue weighted by molar-refractivity contribution is 0.142. The van der Waals surface area contributed by atoms with E-state index in [1.165, 1.54) is 4.68 Å². The van der Waals surface area contributed by atoms with Crippen molar-refractivity contribution >= 4 is 17.3 Å². The topological polar surface area (TPSA) is 67.2 Å². The van der Waals surface area contributed by atoms with Gasteiger partial charge in [-0.2, -0.15) is 5.10 Å². The van der Waals surface area contributed by atoms with Gasteiger partial charge in [0.25, 0.3) is 5.56 Å². The molecule has 1 heterocycles. The molecule has 1 aromatic rings. The van der Waals surface area contributed by atoms with Crippen molar-refractivity contribution in [1.29, 1.82) is 0 Å². The van der Waals surface area contributed by atoms with Crippen molar-refractivity contribution in [2.45, 2.75) is 46.1 Å². The quantitative estimate of drug-likeness (QED) is 0.847. The Morgan fingerprint density at radius 1 is 1.48 bits per heavy atom. The molecule has 0 aliphatic heterocycles. The minimum Gasteiger partial charge on any atom is -0.396 e. The third-order valence-electron chi connectivity index (χ3n) is 4.18. The molecule has 0 atom stereocenters. The summed E-state index contributed by atoms with van der Waals surface area (Å²) in [7, 11) is 0. The van der Waals surface area contributed by atoms with Gasteiger partial charge in [-0.3, -0.25) is 4.79 Å². The maximum atomic E-state index is 12.1. The van der Waals surface area contributed by atoms with Crippen molar-refractivity contribution in [2.24, 2.45) is 11.3 Å². The summed E-state index contributed by atoms with van der Waals surface area (Å²) < 4.78 is 1.40. The van der Waals surface area contributed by atoms with E-state index >= 15 is 0 Å². The summed E-state index contributed by atoms with van der Waals surface area (Å²) in [4.78, 5) is 12.1. The van der Waals surface area contributed by atoms with Crippen LogP contribution < -0.4 is 10.9 Å². The lowest BCUT2D eigenvalue weighted by atomic mass is 9.87. The van der Waals surface area contributed by atoms with E-state index in [2.05, 4.69) is 10.4 Å². The SMILES string of the molecule is CC(C)Cn1ncc(NCC2(CO)CCCC2)c(Cl)c1=O. The summed E-state index contributed by atoms with van der Waals surface area (Å²) in [5.41, 5.74) is 0.206. The summed E-state index contributed by atoms with van der Waals surface area (Å²) in [5.74, 6) is 0.334. The minimum atomic E-state index is -0.264. The number of nitrogens with one attached hydrogen (secondary N) is 1. The zero-order valence-corrected chi connectivity index (χ0v) is 13.5. The molecule has 0 saturated heterocycles. The van der Waals surface area contributed by atoms with Crippen molar-refractivity contribution in [3.05, 3.63) is 21.6 Å². The van der Waals surface area contributed by atoms with Gasteiger partial charge in [0.15, 0.2) is 0 Å². The average Bonchev–Trinajstić information content (AvgIpc) is 2.92. The van der Waals surface area contributed by atoms with Crippen molar-refractivity contribution in [3.63, 3.8) is 0 Å². The van der Waals surface area contributed by atoms with Crippen LogP contribution in [0.5, 0.6) is 0 Å². The number of aliphatic hydroxyl groups excluding tert-OH is 1. The zero-order chi connectivity index (χ0) is 15.5. The molecule has 2 N–H and O–H groups in total. The Morgan fingerprint density at radius 2 is 2.14 bits per heavy atom. The standard InChI is InChI=1S/C15H24ClN3O2/c1-11(2)8-19-14(21)13(16)12(7-18-19)17-9-15(10-20)5-3-4-6-15/h7,11,17,20H,3-6,8-10H2,1-2H3. The highest BCUT2D eigenvalue weighted by Gasteiger charge is 2.33. The molecule has 0 spiro atoms. The van der Waals surface area contributed by atoms with Gasteiger partial charge < -0.3 is 10.4 Å². The first-order chi connectivity index (χ1) is 9.97. The van der Waals surface area contributed by atoms with Crippen LogP contribution in [0.15, 0.2) is 11.0 Å². The Balaban J connectivity index is 2.11. The van der Waals surface area contributed by atoms with Gasteiger partial charge in [-0.05, 0) is 18.8 Å². The van der Waals surface area contributed by atoms with Gasteiger partial charge in [-0.1, -0.05) is 38.3 Å². The van der Waals surface area contributed by atoms with Crippen LogP contribution in [0.2, 0.25) is 5.02 Å². The van der Waals surface area contributed by atoms with Crippen molar-refractivity contribution < 1.29 is 5.11 Å². The van der Waals surface area contributed by atoms with Crippen LogP contribution >= 0.6 is 11.6 Å². The molecule has 0 radical (unpaired) electrons. The molecule has 0 aromatic carbocycles. The van der Waals surface area contributed by atoms with Crippen LogP contribution in [-0.4, -0.2) is 28.0 Å². The highest BCUT2D eigenvalue weighted by molar-refractivity contribution is 6.32. The van der Waals surface area contributed by atoms with E-state index in [0.29, 0.717) is 24.7 Å². The van der Waals surface area contributed by atoms with Gasteiger partial charge in [0.2, 0.25) is 0 Å². The zero-order valence-electron chi connectivity index (χ0n) is 12.7. The highest BCUT2D eigenvalue weighted by Crippen LogP contribution is 2.37. The fourth-order valence-corrected chi connectivity index (χ4v) is 3.08. The van der Waals surface area contributed by atoms with Crippen LogP contribution in [0, 0.1) is 11.3 Å². The minimum absolute atomic E-state index is 0.0872. The smallest absolute Gasteiger partial charge is 0.287 e. The van der Waals surface area contributed by atoms with E-state index in [0.717, 1.165) is 25.7 Å². The summed E-state index contributed by atoms with van der Waals surface area (Å²) in [6.07, 6.45) is 5.90. The average molecular weight is 314 g/mol. The van der Waals surface area contributed by atoms with Crippen LogP contribution in [0.1, 0.15) is 39.5 Å². The Labute approximate surface area is 130 Å². The van der Waals surface area contributed by atoms with E-state index in [9.17, 15) is 9.90 Å². The molecular formula is C15H24ClN3O2. The molecule has 6 heteroatoms. The van der Waals surface area contributed by atoms with Crippen molar-refractivity contribution in [2.75, 3.05) is 18.5 Å². The molecule has 0 amide bonds. The number of halogens is 1. The summed E-state index contributed by atoms with van der Waals surface area (Å²) >= 11 is 6.16. The Morgan fingerprint density at radius 3 is 2.71 bits per heavy atom. The lowest BCUT2D eigenvalue weighted by Gasteiger charge is -2.27. The van der Waals surface area contributed by atoms with E-state index < -0.39 is 0 Å². The van der Waals surface area contributed by atoms with E-state index in [1.807, 2.05) is 13.8 Å². The maximum absolute atomic E-state index is 12.1. The first-order valence-electron chi connectivity index (χ1n) is 7.58. The molecule has 1 aromatic heterocycles. The second kappa shape index (κ2) is 6.79. The third-order valence-corrected chi connectivity index (χ3v) is 4.54. The predicted molar refractivity (Wildman–Crippen MR) is 84.8 cm³/mol. The van der Waals surface area contributed by atoms with Gasteiger partial charge in [-0.25, -0.2) is 4.68 Å². The van der Waals surface area contributed by atoms with Gasteiger partial charge >= 0.3 is 0 Å². The summed E-state index contributed by atoms with van der Waals surface area (Å²) in [6.45, 7) is 5.39. The number of hydrogen-bond donors (Lipinski definition) is 2. The number of anilines is 1. The fraction of sp³-hybridized carbons (Fsp3) is 0.733. The lowest BCUT2D eigenvalue weighted by Crippen LogP contribution is -2.32. The maximum Gasteiger partial charge on any atom is 0.287 e. The van der Waals surface area contributed by atoms with Crippen molar-refractivity contribution in [1.82, 2.24) is 9.78 Å². The first-order valence-corrected chi connectivity index (χ1v) is 7.95. The van der Waals surface area contributed by atoms with Crippen LogP contribution in [0.3, 0.4) is 0 Å². The molecule has 0 unspecified atom stereocenters. The van der Waals surface area contributed by atoms with E-state index in [4.69, 9.17) is 11.6 Å². The third kappa shape index (κ3) is 3.77. The van der Waals surface area contributed by atoms with Crippen LogP contribution in [0.4, 0.5) is 5.69 Å². The first kappa shape index (κ1) is 16.3. The normalized spacial score (nSPS) is 17.4. The van der Waals surface area contributed by atoms with Gasteiger partial charge in [-0.15, -0.1) is 0 Å². The highest BCUT2D eigenvalue weighted by atomic mass is 35.5. The molecule has 118 valence electrons. The number of aromatic nitrogens is 2. The molecule has 5 nitrogen and oxygen atoms in total. The van der Waals surface area contributed by atoms with Crippen LogP contribution in [0.25, 0.3) is 0 Å². The van der Waals surface area contributed by atoms with E-state index in [-0.39, 0.29) is 22.6 Å². The predicted octanol–water partition coefficient (Wildman–Crippen LogP) is 2.52. The second-order valence-corrected chi connectivity index (χ2v) is 6.85. The molecular weight excluding hydrogens is 290 g/mol. The Kier molecular flexibility index (Phi) is 5.27. The summed E-state index contributed by atoms with van der Waals surface area (Å²) in [5, 5.41) is 17.2. The number of nitrogens with zero attached hydrogens (tertiary/aromatic N) is 2.